The molecule has 0 spiro atoms. The molecule has 2 rings (SSSR count). The Hall–Kier alpha value is -2.37. The van der Waals surface area contributed by atoms with Crippen LogP contribution in [0, 0.1) is 0 Å². The molecule has 106 valence electrons. The Labute approximate surface area is 116 Å². The second-order valence-electron chi connectivity index (χ2n) is 4.64. The topological polar surface area (TPSA) is 81.7 Å². The highest BCUT2D eigenvalue weighted by Crippen LogP contribution is 2.19. The summed E-state index contributed by atoms with van der Waals surface area (Å²) in [6, 6.07) is 6.23. The quantitative estimate of drug-likeness (QED) is 0.847. The van der Waals surface area contributed by atoms with E-state index >= 15 is 0 Å². The summed E-state index contributed by atoms with van der Waals surface area (Å²) < 4.78 is 10.0. The maximum Gasteiger partial charge on any atom is 0.347 e. The average molecular weight is 277 g/mol. The highest BCUT2D eigenvalue weighted by Gasteiger charge is 2.35. The van der Waals surface area contributed by atoms with Crippen LogP contribution in [-0.4, -0.2) is 30.1 Å². The number of benzene rings is 1. The Morgan fingerprint density at radius 1 is 1.30 bits per heavy atom. The minimum atomic E-state index is -0.840. The Kier molecular flexibility index (Phi) is 4.02. The molecule has 1 amide bonds. The van der Waals surface area contributed by atoms with Gasteiger partial charge in [-0.2, -0.15) is 0 Å². The molecule has 1 aromatic rings. The van der Waals surface area contributed by atoms with Crippen molar-refractivity contribution >= 4 is 23.5 Å². The molecule has 1 aliphatic rings. The monoisotopic (exact) mass is 277 g/mol. The van der Waals surface area contributed by atoms with Gasteiger partial charge in [0.25, 0.3) is 0 Å². The number of nitrogens with one attached hydrogen (secondary N) is 1. The first-order chi connectivity index (χ1) is 9.45. The largest absolute Gasteiger partial charge is 0.460 e. The predicted molar refractivity (Wildman–Crippen MR) is 70.1 cm³/mol. The summed E-state index contributed by atoms with van der Waals surface area (Å²) in [5.41, 5.74) is 0.898. The van der Waals surface area contributed by atoms with Crippen LogP contribution in [0.5, 0.6) is 0 Å². The second-order valence-corrected chi connectivity index (χ2v) is 4.64. The van der Waals surface area contributed by atoms with Gasteiger partial charge in [0.2, 0.25) is 12.0 Å². The van der Waals surface area contributed by atoms with Gasteiger partial charge < -0.3 is 14.8 Å². The number of hydrogen-bond donors (Lipinski definition) is 1. The van der Waals surface area contributed by atoms with Crippen LogP contribution in [0.15, 0.2) is 24.3 Å². The van der Waals surface area contributed by atoms with Crippen molar-refractivity contribution in [3.63, 3.8) is 0 Å². The van der Waals surface area contributed by atoms with Gasteiger partial charge in [0.1, 0.15) is 6.10 Å². The molecular weight excluding hydrogens is 262 g/mol. The minimum absolute atomic E-state index is 0.192. The fraction of sp³-hybridized carbons (Fsp3) is 0.357. The molecule has 2 unspecified atom stereocenters. The van der Waals surface area contributed by atoms with Gasteiger partial charge in [-0.25, -0.2) is 9.59 Å². The Morgan fingerprint density at radius 3 is 2.45 bits per heavy atom. The van der Waals surface area contributed by atoms with Gasteiger partial charge >= 0.3 is 11.9 Å². The molecule has 20 heavy (non-hydrogen) atoms. The Bertz CT molecular complexity index is 537. The number of hydrogen-bond acceptors (Lipinski definition) is 5. The van der Waals surface area contributed by atoms with Crippen LogP contribution < -0.4 is 5.32 Å². The van der Waals surface area contributed by atoms with Gasteiger partial charge in [0.15, 0.2) is 0 Å². The summed E-state index contributed by atoms with van der Waals surface area (Å²) in [7, 11) is 0. The van der Waals surface area contributed by atoms with Crippen LogP contribution >= 0.6 is 0 Å². The van der Waals surface area contributed by atoms with Gasteiger partial charge in [-0.15, -0.1) is 0 Å². The molecule has 1 fully saturated rings. The SMILES string of the molecule is CC(=O)Nc1ccc(C(=O)OC2CC(C)OC2=O)cc1. The zero-order chi connectivity index (χ0) is 14.7. The van der Waals surface area contributed by atoms with E-state index in [4.69, 9.17) is 9.47 Å². The molecular formula is C14H15NO5. The number of esters is 2. The highest BCUT2D eigenvalue weighted by atomic mass is 16.6. The molecule has 6 heteroatoms. The third-order valence-electron chi connectivity index (χ3n) is 2.82. The van der Waals surface area contributed by atoms with Gasteiger partial charge in [0.05, 0.1) is 5.56 Å². The lowest BCUT2D eigenvalue weighted by Crippen LogP contribution is -2.22. The molecule has 2 atom stereocenters. The first kappa shape index (κ1) is 14.0. The van der Waals surface area contributed by atoms with Crippen molar-refractivity contribution in [2.45, 2.75) is 32.5 Å². The zero-order valence-corrected chi connectivity index (χ0v) is 11.2. The Balaban J connectivity index is 1.99. The fourth-order valence-electron chi connectivity index (χ4n) is 1.91. The second kappa shape index (κ2) is 5.73. The molecule has 1 aliphatic heterocycles. The summed E-state index contributed by atoms with van der Waals surface area (Å²) >= 11 is 0. The number of carbonyl (C=O) groups excluding carboxylic acids is 3. The maximum atomic E-state index is 11.9. The number of carbonyl (C=O) groups is 3. The van der Waals surface area contributed by atoms with Crippen molar-refractivity contribution in [1.82, 2.24) is 0 Å². The molecule has 0 saturated carbocycles. The van der Waals surface area contributed by atoms with Crippen LogP contribution in [0.3, 0.4) is 0 Å². The summed E-state index contributed by atoms with van der Waals surface area (Å²) in [5, 5.41) is 2.59. The zero-order valence-electron chi connectivity index (χ0n) is 11.2. The fourth-order valence-corrected chi connectivity index (χ4v) is 1.91. The standard InChI is InChI=1S/C14H15NO5/c1-8-7-12(14(18)19-8)20-13(17)10-3-5-11(6-4-10)15-9(2)16/h3-6,8,12H,7H2,1-2H3,(H,15,16). The molecule has 0 radical (unpaired) electrons. The number of ether oxygens (including phenoxy) is 2. The summed E-state index contributed by atoms with van der Waals surface area (Å²) in [6.07, 6.45) is -0.705. The van der Waals surface area contributed by atoms with Crippen molar-refractivity contribution in [2.24, 2.45) is 0 Å². The van der Waals surface area contributed by atoms with E-state index in [-0.39, 0.29) is 12.0 Å². The van der Waals surface area contributed by atoms with Crippen molar-refractivity contribution in [1.29, 1.82) is 0 Å². The average Bonchev–Trinajstić information content (AvgIpc) is 2.68. The lowest BCUT2D eigenvalue weighted by Gasteiger charge is -2.09. The third-order valence-corrected chi connectivity index (χ3v) is 2.82. The van der Waals surface area contributed by atoms with E-state index in [2.05, 4.69) is 5.32 Å². The summed E-state index contributed by atoms with van der Waals surface area (Å²) in [5.74, 6) is -1.29. The highest BCUT2D eigenvalue weighted by molar-refractivity contribution is 5.93. The number of anilines is 1. The summed E-state index contributed by atoms with van der Waals surface area (Å²) in [4.78, 5) is 34.1. The Morgan fingerprint density at radius 2 is 1.95 bits per heavy atom. The lowest BCUT2D eigenvalue weighted by atomic mass is 10.2. The van der Waals surface area contributed by atoms with E-state index in [1.165, 1.54) is 19.1 Å². The van der Waals surface area contributed by atoms with Crippen LogP contribution in [0.4, 0.5) is 5.69 Å². The maximum absolute atomic E-state index is 11.9. The van der Waals surface area contributed by atoms with Gasteiger partial charge in [-0.05, 0) is 31.2 Å². The predicted octanol–water partition coefficient (Wildman–Crippen LogP) is 1.51. The molecule has 0 aromatic heterocycles. The molecule has 1 N–H and O–H groups in total. The van der Waals surface area contributed by atoms with Gasteiger partial charge in [-0.1, -0.05) is 0 Å². The number of amides is 1. The molecule has 0 bridgehead atoms. The van der Waals surface area contributed by atoms with Crippen molar-refractivity contribution in [3.05, 3.63) is 29.8 Å². The van der Waals surface area contributed by atoms with Crippen molar-refractivity contribution in [3.8, 4) is 0 Å². The van der Waals surface area contributed by atoms with Crippen molar-refractivity contribution < 1.29 is 23.9 Å². The van der Waals surface area contributed by atoms with Gasteiger partial charge in [0, 0.05) is 19.0 Å². The smallest absolute Gasteiger partial charge is 0.347 e. The molecule has 1 aromatic carbocycles. The number of cyclic esters (lactones) is 1. The third kappa shape index (κ3) is 3.34. The molecule has 1 saturated heterocycles. The number of rotatable bonds is 3. The van der Waals surface area contributed by atoms with Crippen LogP contribution in [0.2, 0.25) is 0 Å². The van der Waals surface area contributed by atoms with E-state index < -0.39 is 18.0 Å². The van der Waals surface area contributed by atoms with Crippen LogP contribution in [0.25, 0.3) is 0 Å². The first-order valence-electron chi connectivity index (χ1n) is 6.25. The van der Waals surface area contributed by atoms with E-state index in [0.717, 1.165) is 0 Å². The van der Waals surface area contributed by atoms with E-state index in [9.17, 15) is 14.4 Å². The first-order valence-corrected chi connectivity index (χ1v) is 6.25. The van der Waals surface area contributed by atoms with Crippen LogP contribution in [-0.2, 0) is 19.1 Å². The van der Waals surface area contributed by atoms with Crippen molar-refractivity contribution in [2.75, 3.05) is 5.32 Å². The molecule has 1 heterocycles. The van der Waals surface area contributed by atoms with Crippen LogP contribution in [0.1, 0.15) is 30.6 Å². The molecule has 6 nitrogen and oxygen atoms in total. The molecule has 0 aliphatic carbocycles. The normalized spacial score (nSPS) is 21.2. The lowest BCUT2D eigenvalue weighted by molar-refractivity contribution is -0.147. The summed E-state index contributed by atoms with van der Waals surface area (Å²) in [6.45, 7) is 3.14. The van der Waals surface area contributed by atoms with E-state index in [0.29, 0.717) is 17.7 Å². The van der Waals surface area contributed by atoms with E-state index in [1.807, 2.05) is 0 Å². The van der Waals surface area contributed by atoms with Gasteiger partial charge in [-0.3, -0.25) is 4.79 Å². The van der Waals surface area contributed by atoms with E-state index in [1.54, 1.807) is 19.1 Å². The minimum Gasteiger partial charge on any atom is -0.460 e.